The van der Waals surface area contributed by atoms with Crippen LogP contribution in [-0.4, -0.2) is 31.9 Å². The maximum absolute atomic E-state index is 12.7. The highest BCUT2D eigenvalue weighted by molar-refractivity contribution is 7.89. The van der Waals surface area contributed by atoms with Gasteiger partial charge >= 0.3 is 0 Å². The topological polar surface area (TPSA) is 63.4 Å². The fourth-order valence-corrected chi connectivity index (χ4v) is 4.43. The molecule has 4 nitrogen and oxygen atoms in total. The molecule has 1 aliphatic rings. The second-order valence-corrected chi connectivity index (χ2v) is 7.19. The third-order valence-electron chi connectivity index (χ3n) is 3.50. The molecule has 1 aromatic carbocycles. The molecular formula is C15H20N2O2S. The average molecular weight is 292 g/mol. The van der Waals surface area contributed by atoms with Gasteiger partial charge in [-0.1, -0.05) is 24.8 Å². The Balaban J connectivity index is 2.35. The Hall–Kier alpha value is -1.35. The number of rotatable bonds is 2. The molecule has 5 heteroatoms. The zero-order valence-electron chi connectivity index (χ0n) is 11.8. The molecule has 0 bridgehead atoms. The first kappa shape index (κ1) is 15.0. The quantitative estimate of drug-likeness (QED) is 0.838. The van der Waals surface area contributed by atoms with Crippen molar-refractivity contribution in [3.8, 4) is 11.8 Å². The first-order valence-electron chi connectivity index (χ1n) is 6.76. The van der Waals surface area contributed by atoms with E-state index >= 15 is 0 Å². The molecule has 0 radical (unpaired) electrons. The summed E-state index contributed by atoms with van der Waals surface area (Å²) in [4.78, 5) is 0.308. The van der Waals surface area contributed by atoms with E-state index in [1.165, 1.54) is 0 Å². The van der Waals surface area contributed by atoms with Crippen molar-refractivity contribution in [1.82, 2.24) is 4.31 Å². The number of sulfonamides is 1. The van der Waals surface area contributed by atoms with Crippen LogP contribution in [0, 0.1) is 17.8 Å². The van der Waals surface area contributed by atoms with E-state index in [-0.39, 0.29) is 12.6 Å². The number of benzene rings is 1. The third-order valence-corrected chi connectivity index (χ3v) is 5.48. The zero-order valence-corrected chi connectivity index (χ0v) is 12.7. The molecule has 2 N–H and O–H groups in total. The standard InChI is InChI=1S/C15H20N2O2S/c1-12-9-13(2)17(11-12)20(18,19)15-7-3-5-14(10-15)6-4-8-16/h3,5,7,10,12-13H,8-9,11,16H2,1-2H3. The molecule has 1 saturated heterocycles. The van der Waals surface area contributed by atoms with Crippen LogP contribution in [0.5, 0.6) is 0 Å². The Morgan fingerprint density at radius 3 is 2.75 bits per heavy atom. The van der Waals surface area contributed by atoms with Crippen molar-refractivity contribution in [2.24, 2.45) is 11.7 Å². The highest BCUT2D eigenvalue weighted by Gasteiger charge is 2.35. The minimum Gasteiger partial charge on any atom is -0.320 e. The lowest BCUT2D eigenvalue weighted by atomic mass is 10.1. The van der Waals surface area contributed by atoms with E-state index < -0.39 is 10.0 Å². The lowest BCUT2D eigenvalue weighted by Gasteiger charge is -2.21. The van der Waals surface area contributed by atoms with Gasteiger partial charge in [-0.3, -0.25) is 0 Å². The van der Waals surface area contributed by atoms with Gasteiger partial charge in [-0.25, -0.2) is 8.42 Å². The van der Waals surface area contributed by atoms with Gasteiger partial charge in [-0.2, -0.15) is 4.31 Å². The fraction of sp³-hybridized carbons (Fsp3) is 0.467. The van der Waals surface area contributed by atoms with Crippen LogP contribution >= 0.6 is 0 Å². The fourth-order valence-electron chi connectivity index (χ4n) is 2.62. The summed E-state index contributed by atoms with van der Waals surface area (Å²) in [5, 5.41) is 0. The molecule has 20 heavy (non-hydrogen) atoms. The molecule has 2 rings (SSSR count). The SMILES string of the molecule is CC1CC(C)N(S(=O)(=O)c2cccc(C#CCN)c2)C1. The number of nitrogens with zero attached hydrogens (tertiary/aromatic N) is 1. The van der Waals surface area contributed by atoms with Crippen LogP contribution in [-0.2, 0) is 10.0 Å². The van der Waals surface area contributed by atoms with Gasteiger partial charge in [0, 0.05) is 18.2 Å². The Kier molecular flexibility index (Phi) is 4.48. The summed E-state index contributed by atoms with van der Waals surface area (Å²) < 4.78 is 26.9. The van der Waals surface area contributed by atoms with Gasteiger partial charge in [-0.15, -0.1) is 0 Å². The first-order valence-corrected chi connectivity index (χ1v) is 8.20. The predicted octanol–water partition coefficient (Wildman–Crippen LogP) is 1.42. The zero-order chi connectivity index (χ0) is 14.8. The summed E-state index contributed by atoms with van der Waals surface area (Å²) in [7, 11) is -3.43. The van der Waals surface area contributed by atoms with Gasteiger partial charge < -0.3 is 5.73 Å². The predicted molar refractivity (Wildman–Crippen MR) is 79.5 cm³/mol. The molecule has 2 unspecified atom stereocenters. The molecule has 0 aliphatic carbocycles. The van der Waals surface area contributed by atoms with Crippen molar-refractivity contribution in [1.29, 1.82) is 0 Å². The lowest BCUT2D eigenvalue weighted by Crippen LogP contribution is -2.34. The summed E-state index contributed by atoms with van der Waals surface area (Å²) >= 11 is 0. The number of hydrogen-bond acceptors (Lipinski definition) is 3. The normalized spacial score (nSPS) is 23.4. The van der Waals surface area contributed by atoms with E-state index in [1.807, 2.05) is 6.92 Å². The molecule has 2 atom stereocenters. The monoisotopic (exact) mass is 292 g/mol. The highest BCUT2D eigenvalue weighted by Crippen LogP contribution is 2.29. The molecule has 1 aromatic rings. The molecule has 0 aromatic heterocycles. The van der Waals surface area contributed by atoms with E-state index in [0.717, 1.165) is 6.42 Å². The summed E-state index contributed by atoms with van der Waals surface area (Å²) in [6, 6.07) is 6.80. The molecule has 0 spiro atoms. The molecule has 1 fully saturated rings. The van der Waals surface area contributed by atoms with Gasteiger partial charge in [0.2, 0.25) is 10.0 Å². The van der Waals surface area contributed by atoms with Crippen LogP contribution in [0.1, 0.15) is 25.8 Å². The third kappa shape index (κ3) is 3.04. The van der Waals surface area contributed by atoms with E-state index in [2.05, 4.69) is 18.8 Å². The second kappa shape index (κ2) is 5.96. The number of nitrogens with two attached hydrogens (primary N) is 1. The summed E-state index contributed by atoms with van der Waals surface area (Å²) in [5.41, 5.74) is 6.01. The van der Waals surface area contributed by atoms with Crippen molar-refractivity contribution in [2.75, 3.05) is 13.1 Å². The van der Waals surface area contributed by atoms with Gasteiger partial charge in [0.1, 0.15) is 0 Å². The van der Waals surface area contributed by atoms with Crippen molar-refractivity contribution >= 4 is 10.0 Å². The maximum atomic E-state index is 12.7. The maximum Gasteiger partial charge on any atom is 0.243 e. The van der Waals surface area contributed by atoms with Gasteiger partial charge in [-0.05, 0) is 37.5 Å². The summed E-state index contributed by atoms with van der Waals surface area (Å²) in [6.07, 6.45) is 0.909. The highest BCUT2D eigenvalue weighted by atomic mass is 32.2. The molecule has 0 amide bonds. The van der Waals surface area contributed by atoms with E-state index in [9.17, 15) is 8.42 Å². The average Bonchev–Trinajstić information content (AvgIpc) is 2.76. The lowest BCUT2D eigenvalue weighted by molar-refractivity contribution is 0.405. The molecule has 1 heterocycles. The summed E-state index contributed by atoms with van der Waals surface area (Å²) in [6.45, 7) is 4.88. The minimum atomic E-state index is -3.43. The van der Waals surface area contributed by atoms with Crippen molar-refractivity contribution in [3.05, 3.63) is 29.8 Å². The van der Waals surface area contributed by atoms with E-state index in [1.54, 1.807) is 28.6 Å². The smallest absolute Gasteiger partial charge is 0.243 e. The Bertz CT molecular complexity index is 643. The van der Waals surface area contributed by atoms with E-state index in [4.69, 9.17) is 5.73 Å². The Morgan fingerprint density at radius 2 is 2.15 bits per heavy atom. The molecule has 0 saturated carbocycles. The van der Waals surface area contributed by atoms with Crippen molar-refractivity contribution < 1.29 is 8.42 Å². The molecular weight excluding hydrogens is 272 g/mol. The number of hydrogen-bond donors (Lipinski definition) is 1. The van der Waals surface area contributed by atoms with Crippen molar-refractivity contribution in [3.63, 3.8) is 0 Å². The van der Waals surface area contributed by atoms with Crippen LogP contribution in [0.25, 0.3) is 0 Å². The Morgan fingerprint density at radius 1 is 1.40 bits per heavy atom. The van der Waals surface area contributed by atoms with Crippen LogP contribution in [0.3, 0.4) is 0 Å². The summed E-state index contributed by atoms with van der Waals surface area (Å²) in [5.74, 6) is 6.01. The van der Waals surface area contributed by atoms with Gasteiger partial charge in [0.15, 0.2) is 0 Å². The van der Waals surface area contributed by atoms with Gasteiger partial charge in [0.25, 0.3) is 0 Å². The first-order chi connectivity index (χ1) is 9.45. The molecule has 1 aliphatic heterocycles. The van der Waals surface area contributed by atoms with Crippen LogP contribution in [0.4, 0.5) is 0 Å². The van der Waals surface area contributed by atoms with Gasteiger partial charge in [0.05, 0.1) is 11.4 Å². The van der Waals surface area contributed by atoms with Crippen molar-refractivity contribution in [2.45, 2.75) is 31.2 Å². The van der Waals surface area contributed by atoms with Crippen LogP contribution in [0.2, 0.25) is 0 Å². The molecule has 108 valence electrons. The largest absolute Gasteiger partial charge is 0.320 e. The van der Waals surface area contributed by atoms with Crippen LogP contribution in [0.15, 0.2) is 29.2 Å². The van der Waals surface area contributed by atoms with E-state index in [0.29, 0.717) is 22.9 Å². The Labute approximate surface area is 121 Å². The second-order valence-electron chi connectivity index (χ2n) is 5.30. The van der Waals surface area contributed by atoms with Crippen LogP contribution < -0.4 is 5.73 Å². The minimum absolute atomic E-state index is 0.0498.